The van der Waals surface area contributed by atoms with Crippen LogP contribution in [0, 0.1) is 12.8 Å². The van der Waals surface area contributed by atoms with Crippen LogP contribution in [0.5, 0.6) is 0 Å². The van der Waals surface area contributed by atoms with Crippen LogP contribution in [0.1, 0.15) is 38.1 Å². The summed E-state index contributed by atoms with van der Waals surface area (Å²) >= 11 is 3.67. The van der Waals surface area contributed by atoms with Crippen LogP contribution in [0.3, 0.4) is 0 Å². The Labute approximate surface area is 131 Å². The van der Waals surface area contributed by atoms with E-state index in [9.17, 15) is 0 Å². The molecule has 0 aromatic carbocycles. The van der Waals surface area contributed by atoms with Gasteiger partial charge in [0.05, 0.1) is 15.9 Å². The average Bonchev–Trinajstić information content (AvgIpc) is 2.90. The minimum absolute atomic E-state index is 0.663. The largest absolute Gasteiger partial charge is 0.315 e. The van der Waals surface area contributed by atoms with Crippen molar-refractivity contribution in [2.24, 2.45) is 13.0 Å². The topological polar surface area (TPSA) is 33.1 Å². The molecule has 2 heterocycles. The highest BCUT2D eigenvalue weighted by molar-refractivity contribution is 9.10. The molecule has 2 rings (SSSR count). The molecule has 0 aliphatic carbocycles. The Morgan fingerprint density at radius 2 is 2.20 bits per heavy atom. The predicted molar refractivity (Wildman–Crippen MR) is 86.8 cm³/mol. The maximum atomic E-state index is 4.49. The van der Waals surface area contributed by atoms with Crippen LogP contribution in [0.2, 0.25) is 0 Å². The highest BCUT2D eigenvalue weighted by atomic mass is 79.9. The van der Waals surface area contributed by atoms with Gasteiger partial charge in [-0.2, -0.15) is 5.10 Å². The Bertz CT molecular complexity index is 441. The van der Waals surface area contributed by atoms with Gasteiger partial charge in [-0.05, 0) is 54.7 Å². The second-order valence-electron chi connectivity index (χ2n) is 6.29. The van der Waals surface area contributed by atoms with Crippen molar-refractivity contribution >= 4 is 15.9 Å². The van der Waals surface area contributed by atoms with Gasteiger partial charge in [0, 0.05) is 26.2 Å². The molecule has 1 atom stereocenters. The van der Waals surface area contributed by atoms with Gasteiger partial charge < -0.3 is 5.32 Å². The van der Waals surface area contributed by atoms with E-state index in [0.717, 1.165) is 31.2 Å². The van der Waals surface area contributed by atoms with Gasteiger partial charge in [-0.25, -0.2) is 0 Å². The van der Waals surface area contributed by atoms with Crippen molar-refractivity contribution < 1.29 is 0 Å². The molecule has 0 bridgehead atoms. The maximum absolute atomic E-state index is 4.49. The Morgan fingerprint density at radius 1 is 1.45 bits per heavy atom. The maximum Gasteiger partial charge on any atom is 0.0739 e. The first-order valence-corrected chi connectivity index (χ1v) is 8.41. The highest BCUT2D eigenvalue weighted by Gasteiger charge is 2.26. The quantitative estimate of drug-likeness (QED) is 0.862. The molecule has 20 heavy (non-hydrogen) atoms. The van der Waals surface area contributed by atoms with Gasteiger partial charge >= 0.3 is 0 Å². The van der Waals surface area contributed by atoms with E-state index in [4.69, 9.17) is 0 Å². The molecule has 1 N–H and O–H groups in total. The summed E-state index contributed by atoms with van der Waals surface area (Å²) < 4.78 is 3.18. The van der Waals surface area contributed by atoms with E-state index >= 15 is 0 Å². The SMILES string of the molecule is Cc1nn(C)c(CN2CCCC2CNCC(C)C)c1Br. The van der Waals surface area contributed by atoms with Gasteiger partial charge in [0.15, 0.2) is 0 Å². The minimum Gasteiger partial charge on any atom is -0.315 e. The molecule has 0 saturated carbocycles. The molecule has 1 aromatic rings. The van der Waals surface area contributed by atoms with Gasteiger partial charge in [0.2, 0.25) is 0 Å². The van der Waals surface area contributed by atoms with E-state index < -0.39 is 0 Å². The summed E-state index contributed by atoms with van der Waals surface area (Å²) in [5.74, 6) is 0.721. The van der Waals surface area contributed by atoms with Gasteiger partial charge in [0.25, 0.3) is 0 Å². The van der Waals surface area contributed by atoms with E-state index in [2.05, 4.69) is 52.0 Å². The van der Waals surface area contributed by atoms with Crippen LogP contribution >= 0.6 is 15.9 Å². The molecule has 1 fully saturated rings. The predicted octanol–water partition coefficient (Wildman–Crippen LogP) is 2.70. The first-order valence-electron chi connectivity index (χ1n) is 7.61. The molecule has 1 aliphatic heterocycles. The summed E-state index contributed by atoms with van der Waals surface area (Å²) in [5.41, 5.74) is 2.37. The lowest BCUT2D eigenvalue weighted by Crippen LogP contribution is -2.39. The van der Waals surface area contributed by atoms with Gasteiger partial charge in [-0.3, -0.25) is 9.58 Å². The summed E-state index contributed by atoms with van der Waals surface area (Å²) in [5, 5.41) is 8.09. The summed E-state index contributed by atoms with van der Waals surface area (Å²) in [6, 6.07) is 0.663. The van der Waals surface area contributed by atoms with E-state index in [0.29, 0.717) is 6.04 Å². The van der Waals surface area contributed by atoms with Crippen LogP contribution in [0.15, 0.2) is 4.47 Å². The summed E-state index contributed by atoms with van der Waals surface area (Å²) in [4.78, 5) is 2.59. The van der Waals surface area contributed by atoms with Gasteiger partial charge in [-0.1, -0.05) is 13.8 Å². The molecule has 114 valence electrons. The fourth-order valence-corrected chi connectivity index (χ4v) is 3.38. The van der Waals surface area contributed by atoms with E-state index in [1.807, 2.05) is 11.7 Å². The standard InChI is InChI=1S/C15H27BrN4/c1-11(2)8-17-9-13-6-5-7-20(13)10-14-15(16)12(3)18-19(14)4/h11,13,17H,5-10H2,1-4H3. The molecule has 1 unspecified atom stereocenters. The lowest BCUT2D eigenvalue weighted by atomic mass is 10.2. The zero-order chi connectivity index (χ0) is 14.7. The van der Waals surface area contributed by atoms with Crippen LogP contribution < -0.4 is 5.32 Å². The number of nitrogens with zero attached hydrogens (tertiary/aromatic N) is 3. The van der Waals surface area contributed by atoms with Crippen LogP contribution in [-0.2, 0) is 13.6 Å². The third-order valence-corrected chi connectivity index (χ3v) is 5.08. The number of rotatable bonds is 6. The molecule has 0 spiro atoms. The summed E-state index contributed by atoms with van der Waals surface area (Å²) in [7, 11) is 2.04. The zero-order valence-corrected chi connectivity index (χ0v) is 14.7. The zero-order valence-electron chi connectivity index (χ0n) is 13.1. The number of aryl methyl sites for hydroxylation is 2. The molecular weight excluding hydrogens is 316 g/mol. The molecular formula is C15H27BrN4. The van der Waals surface area contributed by atoms with Crippen molar-refractivity contribution in [1.29, 1.82) is 0 Å². The summed E-state index contributed by atoms with van der Waals surface area (Å²) in [6.07, 6.45) is 2.61. The Morgan fingerprint density at radius 3 is 2.80 bits per heavy atom. The number of aromatic nitrogens is 2. The number of hydrogen-bond donors (Lipinski definition) is 1. The lowest BCUT2D eigenvalue weighted by Gasteiger charge is -2.25. The second kappa shape index (κ2) is 7.05. The first-order chi connectivity index (χ1) is 9.49. The van der Waals surface area contributed by atoms with Gasteiger partial charge in [-0.15, -0.1) is 0 Å². The number of hydrogen-bond acceptors (Lipinski definition) is 3. The minimum atomic E-state index is 0.663. The van der Waals surface area contributed by atoms with E-state index in [1.165, 1.54) is 29.6 Å². The van der Waals surface area contributed by atoms with Crippen molar-refractivity contribution in [2.45, 2.75) is 46.2 Å². The highest BCUT2D eigenvalue weighted by Crippen LogP contribution is 2.25. The third kappa shape index (κ3) is 3.83. The number of nitrogens with one attached hydrogen (secondary N) is 1. The van der Waals surface area contributed by atoms with Crippen molar-refractivity contribution in [3.05, 3.63) is 15.9 Å². The molecule has 1 saturated heterocycles. The molecule has 5 heteroatoms. The monoisotopic (exact) mass is 342 g/mol. The number of likely N-dealkylation sites (tertiary alicyclic amines) is 1. The van der Waals surface area contributed by atoms with Crippen molar-refractivity contribution in [2.75, 3.05) is 19.6 Å². The van der Waals surface area contributed by atoms with Crippen LogP contribution in [0.25, 0.3) is 0 Å². The van der Waals surface area contributed by atoms with Gasteiger partial charge in [0.1, 0.15) is 0 Å². The molecule has 1 aliphatic rings. The van der Waals surface area contributed by atoms with Crippen molar-refractivity contribution in [3.63, 3.8) is 0 Å². The average molecular weight is 343 g/mol. The number of halogens is 1. The van der Waals surface area contributed by atoms with Crippen molar-refractivity contribution in [1.82, 2.24) is 20.0 Å². The Balaban J connectivity index is 1.94. The molecule has 1 aromatic heterocycles. The second-order valence-corrected chi connectivity index (χ2v) is 7.08. The van der Waals surface area contributed by atoms with Crippen molar-refractivity contribution in [3.8, 4) is 0 Å². The molecule has 0 amide bonds. The van der Waals surface area contributed by atoms with Crippen LogP contribution in [0.4, 0.5) is 0 Å². The van der Waals surface area contributed by atoms with Crippen LogP contribution in [-0.4, -0.2) is 40.4 Å². The molecule has 4 nitrogen and oxygen atoms in total. The third-order valence-electron chi connectivity index (χ3n) is 4.05. The van der Waals surface area contributed by atoms with E-state index in [-0.39, 0.29) is 0 Å². The lowest BCUT2D eigenvalue weighted by molar-refractivity contribution is 0.231. The molecule has 0 radical (unpaired) electrons. The fraction of sp³-hybridized carbons (Fsp3) is 0.800. The first kappa shape index (κ1) is 16.0. The Hall–Kier alpha value is -0.390. The smallest absolute Gasteiger partial charge is 0.0739 e. The summed E-state index contributed by atoms with van der Waals surface area (Å²) in [6.45, 7) is 11.0. The Kier molecular flexibility index (Phi) is 5.64. The fourth-order valence-electron chi connectivity index (χ4n) is 2.92. The van der Waals surface area contributed by atoms with E-state index in [1.54, 1.807) is 0 Å². The normalized spacial score (nSPS) is 20.2.